The van der Waals surface area contributed by atoms with Crippen LogP contribution in [0.25, 0.3) is 0 Å². The molecule has 1 unspecified atom stereocenters. The van der Waals surface area contributed by atoms with E-state index in [1.54, 1.807) is 6.33 Å². The quantitative estimate of drug-likeness (QED) is 0.897. The summed E-state index contributed by atoms with van der Waals surface area (Å²) in [4.78, 5) is 0. The van der Waals surface area contributed by atoms with Gasteiger partial charge in [-0.15, -0.1) is 10.2 Å². The molecule has 0 radical (unpaired) electrons. The first-order valence-electron chi connectivity index (χ1n) is 6.20. The van der Waals surface area contributed by atoms with Crippen molar-refractivity contribution < 1.29 is 0 Å². The summed E-state index contributed by atoms with van der Waals surface area (Å²) in [6, 6.07) is 6.95. The van der Waals surface area contributed by atoms with Gasteiger partial charge in [-0.05, 0) is 26.3 Å². The van der Waals surface area contributed by atoms with Crippen LogP contribution < -0.4 is 5.32 Å². The lowest BCUT2D eigenvalue weighted by Gasteiger charge is -2.15. The molecule has 1 atom stereocenters. The maximum absolute atomic E-state index is 4.07. The van der Waals surface area contributed by atoms with Gasteiger partial charge in [0.05, 0.1) is 6.54 Å². The Morgan fingerprint density at radius 1 is 1.22 bits per heavy atom. The summed E-state index contributed by atoms with van der Waals surface area (Å²) in [7, 11) is 1.96. The highest BCUT2D eigenvalue weighted by atomic mass is 15.3. The minimum atomic E-state index is 0.306. The lowest BCUT2D eigenvalue weighted by Crippen LogP contribution is -2.20. The third kappa shape index (κ3) is 2.96. The summed E-state index contributed by atoms with van der Waals surface area (Å²) in [5.74, 6) is 0.950. The summed E-state index contributed by atoms with van der Waals surface area (Å²) in [6.07, 6.45) is 1.72. The van der Waals surface area contributed by atoms with E-state index in [9.17, 15) is 0 Å². The van der Waals surface area contributed by atoms with Gasteiger partial charge in [0.1, 0.15) is 12.2 Å². The number of aryl methyl sites for hydroxylation is 3. The molecule has 0 aliphatic rings. The number of rotatable bonds is 4. The zero-order valence-electron chi connectivity index (χ0n) is 11.4. The van der Waals surface area contributed by atoms with Crippen LogP contribution in [0.5, 0.6) is 0 Å². The summed E-state index contributed by atoms with van der Waals surface area (Å²) in [6.45, 7) is 7.16. The molecule has 0 amide bonds. The van der Waals surface area contributed by atoms with Gasteiger partial charge in [0, 0.05) is 13.1 Å². The molecule has 18 heavy (non-hydrogen) atoms. The van der Waals surface area contributed by atoms with Crippen LogP contribution in [-0.4, -0.2) is 14.8 Å². The first-order chi connectivity index (χ1) is 8.56. The third-order valence-corrected chi connectivity index (χ3v) is 3.12. The molecule has 0 saturated carbocycles. The Bertz CT molecular complexity index is 510. The third-order valence-electron chi connectivity index (χ3n) is 3.12. The number of nitrogens with zero attached hydrogens (tertiary/aromatic N) is 3. The van der Waals surface area contributed by atoms with Crippen molar-refractivity contribution in [2.45, 2.75) is 33.4 Å². The lowest BCUT2D eigenvalue weighted by molar-refractivity contribution is 0.548. The van der Waals surface area contributed by atoms with Crippen LogP contribution in [0.15, 0.2) is 24.5 Å². The molecule has 1 heterocycles. The average molecular weight is 244 g/mol. The molecule has 1 N–H and O–H groups in total. The molecule has 0 bridgehead atoms. The van der Waals surface area contributed by atoms with Crippen LogP contribution >= 0.6 is 0 Å². The highest BCUT2D eigenvalue weighted by Gasteiger charge is 2.08. The fourth-order valence-corrected chi connectivity index (χ4v) is 2.09. The van der Waals surface area contributed by atoms with Crippen molar-refractivity contribution in [3.8, 4) is 0 Å². The van der Waals surface area contributed by atoms with E-state index in [0.717, 1.165) is 12.4 Å². The van der Waals surface area contributed by atoms with Crippen molar-refractivity contribution in [2.75, 3.05) is 0 Å². The second kappa shape index (κ2) is 5.31. The van der Waals surface area contributed by atoms with Crippen molar-refractivity contribution in [2.24, 2.45) is 7.05 Å². The molecular formula is C14H20N4. The Hall–Kier alpha value is -1.68. The van der Waals surface area contributed by atoms with Crippen LogP contribution in [-0.2, 0) is 13.6 Å². The van der Waals surface area contributed by atoms with Crippen molar-refractivity contribution in [1.82, 2.24) is 20.1 Å². The first-order valence-corrected chi connectivity index (χ1v) is 6.20. The predicted molar refractivity (Wildman–Crippen MR) is 72.2 cm³/mol. The van der Waals surface area contributed by atoms with E-state index in [1.807, 2.05) is 11.6 Å². The van der Waals surface area contributed by atoms with E-state index in [2.05, 4.69) is 54.5 Å². The number of hydrogen-bond acceptors (Lipinski definition) is 3. The zero-order chi connectivity index (χ0) is 13.1. The van der Waals surface area contributed by atoms with E-state index in [1.165, 1.54) is 16.7 Å². The van der Waals surface area contributed by atoms with E-state index in [0.29, 0.717) is 6.04 Å². The Morgan fingerprint density at radius 2 is 1.89 bits per heavy atom. The molecule has 0 fully saturated rings. The van der Waals surface area contributed by atoms with E-state index < -0.39 is 0 Å². The SMILES string of the molecule is Cc1cc(C)cc(C(C)NCc2nncn2C)c1. The minimum absolute atomic E-state index is 0.306. The highest BCUT2D eigenvalue weighted by molar-refractivity contribution is 5.30. The summed E-state index contributed by atoms with van der Waals surface area (Å²) in [5.41, 5.74) is 3.92. The summed E-state index contributed by atoms with van der Waals surface area (Å²) < 4.78 is 1.93. The van der Waals surface area contributed by atoms with Crippen LogP contribution in [0, 0.1) is 13.8 Å². The second-order valence-electron chi connectivity index (χ2n) is 4.88. The molecule has 96 valence electrons. The Morgan fingerprint density at radius 3 is 2.44 bits per heavy atom. The van der Waals surface area contributed by atoms with Gasteiger partial charge in [0.25, 0.3) is 0 Å². The van der Waals surface area contributed by atoms with Gasteiger partial charge in [-0.2, -0.15) is 0 Å². The Balaban J connectivity index is 2.03. The lowest BCUT2D eigenvalue weighted by atomic mass is 10.0. The molecular weight excluding hydrogens is 224 g/mol. The number of nitrogens with one attached hydrogen (secondary N) is 1. The summed E-state index contributed by atoms with van der Waals surface area (Å²) >= 11 is 0. The number of aromatic nitrogens is 3. The van der Waals surface area contributed by atoms with Gasteiger partial charge in [-0.3, -0.25) is 0 Å². The van der Waals surface area contributed by atoms with Crippen molar-refractivity contribution in [3.63, 3.8) is 0 Å². The second-order valence-corrected chi connectivity index (χ2v) is 4.88. The molecule has 0 spiro atoms. The van der Waals surface area contributed by atoms with Gasteiger partial charge >= 0.3 is 0 Å². The fraction of sp³-hybridized carbons (Fsp3) is 0.429. The van der Waals surface area contributed by atoms with Crippen molar-refractivity contribution in [1.29, 1.82) is 0 Å². The van der Waals surface area contributed by atoms with Gasteiger partial charge in [0.15, 0.2) is 0 Å². The first kappa shape index (κ1) is 12.8. The fourth-order valence-electron chi connectivity index (χ4n) is 2.09. The normalized spacial score (nSPS) is 12.7. The zero-order valence-corrected chi connectivity index (χ0v) is 11.4. The molecule has 2 rings (SSSR count). The molecule has 2 aromatic rings. The minimum Gasteiger partial charge on any atom is -0.320 e. The van der Waals surface area contributed by atoms with Crippen LogP contribution in [0.3, 0.4) is 0 Å². The van der Waals surface area contributed by atoms with E-state index >= 15 is 0 Å². The van der Waals surface area contributed by atoms with E-state index in [4.69, 9.17) is 0 Å². The smallest absolute Gasteiger partial charge is 0.146 e. The molecule has 1 aromatic carbocycles. The molecule has 0 aliphatic carbocycles. The van der Waals surface area contributed by atoms with Crippen LogP contribution in [0.1, 0.15) is 35.5 Å². The van der Waals surface area contributed by atoms with Crippen molar-refractivity contribution >= 4 is 0 Å². The van der Waals surface area contributed by atoms with Gasteiger partial charge in [-0.25, -0.2) is 0 Å². The molecule has 0 aliphatic heterocycles. The largest absolute Gasteiger partial charge is 0.320 e. The van der Waals surface area contributed by atoms with Gasteiger partial charge < -0.3 is 9.88 Å². The Kier molecular flexibility index (Phi) is 3.77. The predicted octanol–water partition coefficient (Wildman–Crippen LogP) is 2.28. The van der Waals surface area contributed by atoms with Crippen molar-refractivity contribution in [3.05, 3.63) is 47.0 Å². The van der Waals surface area contributed by atoms with E-state index in [-0.39, 0.29) is 0 Å². The molecule has 1 aromatic heterocycles. The number of hydrogen-bond donors (Lipinski definition) is 1. The highest BCUT2D eigenvalue weighted by Crippen LogP contribution is 2.16. The molecule has 0 saturated heterocycles. The number of benzene rings is 1. The van der Waals surface area contributed by atoms with Crippen LogP contribution in [0.4, 0.5) is 0 Å². The standard InChI is InChI=1S/C14H20N4/c1-10-5-11(2)7-13(6-10)12(3)15-8-14-17-16-9-18(14)4/h5-7,9,12,15H,8H2,1-4H3. The van der Waals surface area contributed by atoms with Gasteiger partial charge in [-0.1, -0.05) is 29.3 Å². The monoisotopic (exact) mass is 244 g/mol. The maximum Gasteiger partial charge on any atom is 0.146 e. The van der Waals surface area contributed by atoms with Gasteiger partial charge in [0.2, 0.25) is 0 Å². The summed E-state index contributed by atoms with van der Waals surface area (Å²) in [5, 5.41) is 11.4. The average Bonchev–Trinajstić information content (AvgIpc) is 2.70. The molecule has 4 nitrogen and oxygen atoms in total. The molecule has 4 heteroatoms. The van der Waals surface area contributed by atoms with Crippen LogP contribution in [0.2, 0.25) is 0 Å². The maximum atomic E-state index is 4.07. The Labute approximate surface area is 108 Å². The topological polar surface area (TPSA) is 42.7 Å².